The van der Waals surface area contributed by atoms with Gasteiger partial charge in [0, 0.05) is 12.1 Å². The quantitative estimate of drug-likeness (QED) is 0.946. The summed E-state index contributed by atoms with van der Waals surface area (Å²) >= 11 is 9.30. The van der Waals surface area contributed by atoms with Crippen LogP contribution in [-0.4, -0.2) is 22.0 Å². The van der Waals surface area contributed by atoms with E-state index in [-0.39, 0.29) is 6.04 Å². The third-order valence-electron chi connectivity index (χ3n) is 2.59. The second-order valence-electron chi connectivity index (χ2n) is 3.66. The molecule has 0 fully saturated rings. The van der Waals surface area contributed by atoms with E-state index in [0.29, 0.717) is 0 Å². The molecule has 0 aliphatic rings. The average Bonchev–Trinajstić information content (AvgIpc) is 2.64. The van der Waals surface area contributed by atoms with Gasteiger partial charge in [-0.15, -0.1) is 5.10 Å². The first-order valence-electron chi connectivity index (χ1n) is 5.11. The Hall–Kier alpha value is -0.910. The molecule has 6 heteroatoms. The second kappa shape index (κ2) is 5.16. The molecular weight excluding hydrogens is 304 g/mol. The molecule has 0 aliphatic carbocycles. The molecule has 0 saturated heterocycles. The van der Waals surface area contributed by atoms with Crippen molar-refractivity contribution in [3.8, 4) is 0 Å². The SMILES string of the molecule is CNC(c1ccc(Cl)cc1)c1c(Br)nnn1C. The number of nitrogens with zero attached hydrogens (tertiary/aromatic N) is 3. The minimum Gasteiger partial charge on any atom is -0.308 e. The monoisotopic (exact) mass is 314 g/mol. The summed E-state index contributed by atoms with van der Waals surface area (Å²) in [5.74, 6) is 0. The molecule has 1 heterocycles. The van der Waals surface area contributed by atoms with Gasteiger partial charge in [-0.25, -0.2) is 4.68 Å². The van der Waals surface area contributed by atoms with Crippen molar-refractivity contribution in [3.05, 3.63) is 45.1 Å². The minimum absolute atomic E-state index is 0.0293. The molecule has 0 bridgehead atoms. The number of hydrogen-bond donors (Lipinski definition) is 1. The van der Waals surface area contributed by atoms with E-state index < -0.39 is 0 Å². The Morgan fingerprint density at radius 1 is 1.35 bits per heavy atom. The van der Waals surface area contributed by atoms with Crippen molar-refractivity contribution in [3.63, 3.8) is 0 Å². The fourth-order valence-corrected chi connectivity index (χ4v) is 2.44. The molecule has 0 saturated carbocycles. The molecule has 1 unspecified atom stereocenters. The van der Waals surface area contributed by atoms with Crippen LogP contribution in [0.5, 0.6) is 0 Å². The Balaban J connectivity index is 2.43. The van der Waals surface area contributed by atoms with E-state index in [4.69, 9.17) is 11.6 Å². The highest BCUT2D eigenvalue weighted by molar-refractivity contribution is 9.10. The summed E-state index contributed by atoms with van der Waals surface area (Å²) in [5, 5.41) is 11.9. The molecule has 17 heavy (non-hydrogen) atoms. The van der Waals surface area contributed by atoms with Crippen LogP contribution in [0, 0.1) is 0 Å². The van der Waals surface area contributed by atoms with Crippen LogP contribution in [0.15, 0.2) is 28.9 Å². The number of aromatic nitrogens is 3. The summed E-state index contributed by atoms with van der Waals surface area (Å²) in [5.41, 5.74) is 2.10. The molecular formula is C11H12BrClN4. The molecule has 0 aliphatic heterocycles. The van der Waals surface area contributed by atoms with Crippen LogP contribution < -0.4 is 5.32 Å². The lowest BCUT2D eigenvalue weighted by atomic mass is 10.0. The highest BCUT2D eigenvalue weighted by atomic mass is 79.9. The Bertz CT molecular complexity index is 489. The number of hydrogen-bond acceptors (Lipinski definition) is 3. The van der Waals surface area contributed by atoms with Gasteiger partial charge in [-0.2, -0.15) is 0 Å². The average molecular weight is 316 g/mol. The lowest BCUT2D eigenvalue weighted by Gasteiger charge is -2.16. The normalized spacial score (nSPS) is 12.7. The number of aryl methyl sites for hydroxylation is 1. The predicted octanol–water partition coefficient (Wildman–Crippen LogP) is 2.54. The van der Waals surface area contributed by atoms with Gasteiger partial charge in [0.1, 0.15) is 0 Å². The second-order valence-corrected chi connectivity index (χ2v) is 4.85. The molecule has 2 aromatic rings. The Kier molecular flexibility index (Phi) is 3.81. The van der Waals surface area contributed by atoms with Crippen LogP contribution in [0.4, 0.5) is 0 Å². The smallest absolute Gasteiger partial charge is 0.153 e. The van der Waals surface area contributed by atoms with Crippen LogP contribution in [0.25, 0.3) is 0 Å². The zero-order valence-electron chi connectivity index (χ0n) is 9.48. The van der Waals surface area contributed by atoms with Gasteiger partial charge in [0.05, 0.1) is 11.7 Å². The van der Waals surface area contributed by atoms with E-state index in [2.05, 4.69) is 31.6 Å². The Labute approximate surface area is 113 Å². The third kappa shape index (κ3) is 2.51. The van der Waals surface area contributed by atoms with Gasteiger partial charge in [-0.1, -0.05) is 28.9 Å². The fraction of sp³-hybridized carbons (Fsp3) is 0.273. The molecule has 0 radical (unpaired) electrons. The maximum atomic E-state index is 5.89. The van der Waals surface area contributed by atoms with Crippen LogP contribution >= 0.6 is 27.5 Å². The van der Waals surface area contributed by atoms with Gasteiger partial charge in [-0.3, -0.25) is 0 Å². The topological polar surface area (TPSA) is 42.7 Å². The predicted molar refractivity (Wildman–Crippen MR) is 71.1 cm³/mol. The number of nitrogens with one attached hydrogen (secondary N) is 1. The number of benzene rings is 1. The van der Waals surface area contributed by atoms with Crippen LogP contribution in [0.1, 0.15) is 17.3 Å². The minimum atomic E-state index is 0.0293. The van der Waals surface area contributed by atoms with Gasteiger partial charge >= 0.3 is 0 Å². The van der Waals surface area contributed by atoms with Crippen molar-refractivity contribution in [1.29, 1.82) is 0 Å². The maximum absolute atomic E-state index is 5.89. The summed E-state index contributed by atoms with van der Waals surface area (Å²) in [6.45, 7) is 0. The summed E-state index contributed by atoms with van der Waals surface area (Å²) < 4.78 is 2.49. The van der Waals surface area contributed by atoms with E-state index in [1.165, 1.54) is 0 Å². The molecule has 0 spiro atoms. The highest BCUT2D eigenvalue weighted by Gasteiger charge is 2.20. The van der Waals surface area contributed by atoms with Crippen molar-refractivity contribution in [2.24, 2.45) is 7.05 Å². The lowest BCUT2D eigenvalue weighted by molar-refractivity contribution is 0.597. The molecule has 90 valence electrons. The molecule has 1 aromatic heterocycles. The Morgan fingerprint density at radius 2 is 2.00 bits per heavy atom. The van der Waals surface area contributed by atoms with Crippen molar-refractivity contribution in [2.75, 3.05) is 7.05 Å². The van der Waals surface area contributed by atoms with Gasteiger partial charge in [0.25, 0.3) is 0 Å². The first-order valence-corrected chi connectivity index (χ1v) is 6.28. The van der Waals surface area contributed by atoms with Crippen molar-refractivity contribution in [2.45, 2.75) is 6.04 Å². The van der Waals surface area contributed by atoms with E-state index in [0.717, 1.165) is 20.9 Å². The standard InChI is InChI=1S/C11H12BrClN4/c1-14-9(7-3-5-8(13)6-4-7)10-11(12)15-16-17(10)2/h3-6,9,14H,1-2H3. The molecule has 1 aromatic carbocycles. The van der Waals surface area contributed by atoms with E-state index in [9.17, 15) is 0 Å². The van der Waals surface area contributed by atoms with Gasteiger partial charge in [0.2, 0.25) is 0 Å². The Morgan fingerprint density at radius 3 is 2.47 bits per heavy atom. The lowest BCUT2D eigenvalue weighted by Crippen LogP contribution is -2.21. The number of rotatable bonds is 3. The largest absolute Gasteiger partial charge is 0.308 e. The van der Waals surface area contributed by atoms with E-state index in [1.807, 2.05) is 38.4 Å². The molecule has 1 atom stereocenters. The summed E-state index contributed by atoms with van der Waals surface area (Å²) in [4.78, 5) is 0. The highest BCUT2D eigenvalue weighted by Crippen LogP contribution is 2.27. The van der Waals surface area contributed by atoms with E-state index in [1.54, 1.807) is 4.68 Å². The van der Waals surface area contributed by atoms with Crippen LogP contribution in [-0.2, 0) is 7.05 Å². The molecule has 4 nitrogen and oxygen atoms in total. The van der Waals surface area contributed by atoms with E-state index >= 15 is 0 Å². The third-order valence-corrected chi connectivity index (χ3v) is 3.41. The number of halogens is 2. The zero-order valence-corrected chi connectivity index (χ0v) is 11.8. The van der Waals surface area contributed by atoms with Crippen molar-refractivity contribution >= 4 is 27.5 Å². The summed E-state index contributed by atoms with van der Waals surface area (Å²) in [7, 11) is 3.77. The first-order chi connectivity index (χ1) is 8.13. The van der Waals surface area contributed by atoms with Gasteiger partial charge in [0.15, 0.2) is 4.60 Å². The van der Waals surface area contributed by atoms with Gasteiger partial charge in [-0.05, 0) is 40.7 Å². The molecule has 0 amide bonds. The van der Waals surface area contributed by atoms with Crippen molar-refractivity contribution < 1.29 is 0 Å². The first kappa shape index (κ1) is 12.5. The summed E-state index contributed by atoms with van der Waals surface area (Å²) in [6.07, 6.45) is 0. The maximum Gasteiger partial charge on any atom is 0.153 e. The molecule has 2 rings (SSSR count). The molecule has 1 N–H and O–H groups in total. The van der Waals surface area contributed by atoms with Crippen molar-refractivity contribution in [1.82, 2.24) is 20.3 Å². The van der Waals surface area contributed by atoms with Gasteiger partial charge < -0.3 is 5.32 Å². The summed E-state index contributed by atoms with van der Waals surface area (Å²) in [6, 6.07) is 7.76. The van der Waals surface area contributed by atoms with Crippen LogP contribution in [0.3, 0.4) is 0 Å². The zero-order chi connectivity index (χ0) is 12.4. The van der Waals surface area contributed by atoms with Crippen LogP contribution in [0.2, 0.25) is 5.02 Å². The fourth-order valence-electron chi connectivity index (χ4n) is 1.76.